The monoisotopic (exact) mass is 421 g/mol. The quantitative estimate of drug-likeness (QED) is 0.590. The first-order valence-corrected chi connectivity index (χ1v) is 10.7. The molecule has 0 radical (unpaired) electrons. The molecule has 4 heterocycles. The predicted octanol–water partition coefficient (Wildman–Crippen LogP) is 5.45. The van der Waals surface area contributed by atoms with Crippen LogP contribution in [0.3, 0.4) is 0 Å². The molecule has 6 heteroatoms. The van der Waals surface area contributed by atoms with Crippen molar-refractivity contribution in [3.63, 3.8) is 0 Å². The highest BCUT2D eigenvalue weighted by Crippen LogP contribution is 2.54. The molecular weight excluding hydrogens is 398 g/mol. The number of benzene rings is 1. The maximum atomic E-state index is 10.7. The average molecular weight is 422 g/mol. The van der Waals surface area contributed by atoms with Crippen molar-refractivity contribution in [3.8, 4) is 22.9 Å². The second-order valence-electron chi connectivity index (χ2n) is 8.04. The van der Waals surface area contributed by atoms with Crippen LogP contribution in [-0.2, 0) is 7.05 Å². The minimum absolute atomic E-state index is 0.0672. The summed E-state index contributed by atoms with van der Waals surface area (Å²) in [5.74, 6) is 0.325. The minimum atomic E-state index is -0.0672. The van der Waals surface area contributed by atoms with E-state index in [1.807, 2.05) is 48.7 Å². The van der Waals surface area contributed by atoms with Gasteiger partial charge in [0.05, 0.1) is 11.7 Å². The first kappa shape index (κ1) is 19.2. The van der Waals surface area contributed by atoms with E-state index in [-0.39, 0.29) is 23.8 Å². The molecule has 30 heavy (non-hydrogen) atoms. The van der Waals surface area contributed by atoms with Crippen molar-refractivity contribution in [2.75, 3.05) is 6.54 Å². The Morgan fingerprint density at radius 1 is 1.07 bits per heavy atom. The van der Waals surface area contributed by atoms with E-state index < -0.39 is 0 Å². The lowest BCUT2D eigenvalue weighted by molar-refractivity contribution is 0.138. The molecule has 154 valence electrons. The van der Waals surface area contributed by atoms with Gasteiger partial charge in [0.1, 0.15) is 0 Å². The lowest BCUT2D eigenvalue weighted by atomic mass is 9.99. The number of pyridine rings is 1. The van der Waals surface area contributed by atoms with E-state index in [2.05, 4.69) is 16.0 Å². The van der Waals surface area contributed by atoms with E-state index in [0.717, 1.165) is 53.8 Å². The van der Waals surface area contributed by atoms with Gasteiger partial charge < -0.3 is 10.2 Å². The fourth-order valence-corrected chi connectivity index (χ4v) is 5.09. The van der Waals surface area contributed by atoms with Crippen LogP contribution in [0.15, 0.2) is 48.7 Å². The Bertz CT molecular complexity index is 1120. The smallest absolute Gasteiger partial charge is 0.199 e. The van der Waals surface area contributed by atoms with Crippen molar-refractivity contribution >= 4 is 17.7 Å². The molecule has 1 fully saturated rings. The maximum Gasteiger partial charge on any atom is 0.199 e. The Morgan fingerprint density at radius 2 is 1.87 bits per heavy atom. The molecule has 0 amide bonds. The van der Waals surface area contributed by atoms with Gasteiger partial charge in [0.15, 0.2) is 11.8 Å². The topological polar surface area (TPSA) is 61.5 Å². The van der Waals surface area contributed by atoms with Crippen LogP contribution in [0.25, 0.3) is 17.2 Å². The minimum Gasteiger partial charge on any atom is -0.494 e. The number of aromatic nitrogens is 2. The van der Waals surface area contributed by atoms with Gasteiger partial charge >= 0.3 is 0 Å². The predicted molar refractivity (Wildman–Crippen MR) is 118 cm³/mol. The van der Waals surface area contributed by atoms with E-state index >= 15 is 0 Å². The van der Waals surface area contributed by atoms with Crippen LogP contribution in [0.2, 0.25) is 5.02 Å². The lowest BCUT2D eigenvalue weighted by Gasteiger charge is -2.33. The Labute approximate surface area is 180 Å². The zero-order valence-electron chi connectivity index (χ0n) is 16.8. The molecule has 0 aliphatic carbocycles. The van der Waals surface area contributed by atoms with Crippen LogP contribution in [0.1, 0.15) is 48.2 Å². The summed E-state index contributed by atoms with van der Waals surface area (Å²) in [6.45, 7) is 0.954. The first-order valence-electron chi connectivity index (χ1n) is 10.3. The second-order valence-corrected chi connectivity index (χ2v) is 8.45. The standard InChI is InChI=1S/C24H24ClN3O2/c1-27-23(29)21-19-8-4-5-13-28(19)20(22(21)24(27)30)12-11-16-10-9-15(14-26-16)17-6-2-3-7-18(17)25/h2-3,6-7,9-12,14,19-20,29-30H,4-5,8,13H2,1H3/b12-11+/t19-,20-/m0/s1. The van der Waals surface area contributed by atoms with Crippen LogP contribution >= 0.6 is 11.6 Å². The van der Waals surface area contributed by atoms with Gasteiger partial charge in [-0.3, -0.25) is 14.5 Å². The molecule has 2 atom stereocenters. The van der Waals surface area contributed by atoms with Crippen molar-refractivity contribution in [3.05, 3.63) is 70.5 Å². The van der Waals surface area contributed by atoms with E-state index in [4.69, 9.17) is 11.6 Å². The van der Waals surface area contributed by atoms with Crippen LogP contribution in [0, 0.1) is 0 Å². The number of fused-ring (bicyclic) bond motifs is 3. The van der Waals surface area contributed by atoms with Gasteiger partial charge in [-0.1, -0.05) is 48.4 Å². The van der Waals surface area contributed by atoms with E-state index in [9.17, 15) is 10.2 Å². The molecule has 2 aliphatic heterocycles. The average Bonchev–Trinajstić information content (AvgIpc) is 3.21. The van der Waals surface area contributed by atoms with Crippen LogP contribution in [-0.4, -0.2) is 31.2 Å². The largest absolute Gasteiger partial charge is 0.494 e. The summed E-state index contributed by atoms with van der Waals surface area (Å²) in [6, 6.07) is 11.8. The first-order chi connectivity index (χ1) is 14.6. The molecule has 0 spiro atoms. The fourth-order valence-electron chi connectivity index (χ4n) is 4.84. The van der Waals surface area contributed by atoms with Gasteiger partial charge in [-0.05, 0) is 37.6 Å². The SMILES string of the molecule is Cn1c(O)c2c(c1O)[C@@H]1CCCCN1[C@H]2/C=C/c1ccc(-c2ccccc2Cl)cn1. The van der Waals surface area contributed by atoms with Gasteiger partial charge in [-0.2, -0.15) is 0 Å². The number of rotatable bonds is 3. The summed E-state index contributed by atoms with van der Waals surface area (Å²) >= 11 is 6.29. The van der Waals surface area contributed by atoms with Gasteiger partial charge in [-0.25, -0.2) is 0 Å². The summed E-state index contributed by atoms with van der Waals surface area (Å²) in [7, 11) is 1.70. The Kier molecular flexibility index (Phi) is 4.80. The summed E-state index contributed by atoms with van der Waals surface area (Å²) < 4.78 is 1.48. The van der Waals surface area contributed by atoms with E-state index in [1.54, 1.807) is 7.05 Å². The lowest BCUT2D eigenvalue weighted by Crippen LogP contribution is -2.30. The zero-order chi connectivity index (χ0) is 20.8. The number of hydrogen-bond donors (Lipinski definition) is 2. The van der Waals surface area contributed by atoms with Gasteiger partial charge in [-0.15, -0.1) is 0 Å². The van der Waals surface area contributed by atoms with E-state index in [0.29, 0.717) is 5.02 Å². The van der Waals surface area contributed by atoms with Crippen LogP contribution in [0.4, 0.5) is 0 Å². The van der Waals surface area contributed by atoms with Crippen molar-refractivity contribution in [1.82, 2.24) is 14.5 Å². The summed E-state index contributed by atoms with van der Waals surface area (Å²) in [6.07, 6.45) is 9.17. The summed E-state index contributed by atoms with van der Waals surface area (Å²) in [5.41, 5.74) is 4.48. The third-order valence-electron chi connectivity index (χ3n) is 6.36. The van der Waals surface area contributed by atoms with Crippen molar-refractivity contribution in [2.45, 2.75) is 31.3 Å². The van der Waals surface area contributed by atoms with Gasteiger partial charge in [0.2, 0.25) is 0 Å². The van der Waals surface area contributed by atoms with Crippen LogP contribution in [0.5, 0.6) is 11.8 Å². The Morgan fingerprint density at radius 3 is 2.63 bits per heavy atom. The number of halogens is 1. The maximum absolute atomic E-state index is 10.7. The third-order valence-corrected chi connectivity index (χ3v) is 6.69. The Hall–Kier alpha value is -2.76. The fraction of sp³-hybridized carbons (Fsp3) is 0.292. The zero-order valence-corrected chi connectivity index (χ0v) is 17.5. The molecule has 0 saturated carbocycles. The number of aromatic hydroxyl groups is 2. The summed E-state index contributed by atoms with van der Waals surface area (Å²) in [4.78, 5) is 6.96. The molecule has 2 N–H and O–H groups in total. The van der Waals surface area contributed by atoms with Gasteiger partial charge in [0, 0.05) is 46.6 Å². The molecule has 3 aromatic rings. The molecule has 2 aliphatic rings. The normalized spacial score (nSPS) is 21.1. The molecule has 0 bridgehead atoms. The molecule has 1 aromatic carbocycles. The molecule has 0 unspecified atom stereocenters. The van der Waals surface area contributed by atoms with Crippen LogP contribution < -0.4 is 0 Å². The van der Waals surface area contributed by atoms with Gasteiger partial charge in [0.25, 0.3) is 0 Å². The highest BCUT2D eigenvalue weighted by molar-refractivity contribution is 6.33. The highest BCUT2D eigenvalue weighted by Gasteiger charge is 2.44. The Balaban J connectivity index is 1.45. The molecule has 2 aromatic heterocycles. The summed E-state index contributed by atoms with van der Waals surface area (Å²) in [5, 5.41) is 21.9. The van der Waals surface area contributed by atoms with Crippen molar-refractivity contribution in [2.24, 2.45) is 7.05 Å². The molecular formula is C24H24ClN3O2. The van der Waals surface area contributed by atoms with E-state index in [1.165, 1.54) is 4.57 Å². The third kappa shape index (κ3) is 3.01. The molecule has 1 saturated heterocycles. The second kappa shape index (κ2) is 7.49. The van der Waals surface area contributed by atoms with Crippen molar-refractivity contribution in [1.29, 1.82) is 0 Å². The molecule has 5 nitrogen and oxygen atoms in total. The highest BCUT2D eigenvalue weighted by atomic mass is 35.5. The number of hydrogen-bond acceptors (Lipinski definition) is 4. The van der Waals surface area contributed by atoms with Crippen molar-refractivity contribution < 1.29 is 10.2 Å². The molecule has 5 rings (SSSR count). The number of piperidine rings is 1. The number of nitrogens with zero attached hydrogens (tertiary/aromatic N) is 3.